The third-order valence-corrected chi connectivity index (χ3v) is 2.01. The number of rotatable bonds is 1. The quantitative estimate of drug-likeness (QED) is 0.689. The summed E-state index contributed by atoms with van der Waals surface area (Å²) in [6.07, 6.45) is 0. The molecule has 0 aliphatic rings. The zero-order chi connectivity index (χ0) is 8.59. The summed E-state index contributed by atoms with van der Waals surface area (Å²) in [5.41, 5.74) is 10.6. The van der Waals surface area contributed by atoms with Crippen LogP contribution in [-0.2, 0) is 7.05 Å². The predicted octanol–water partition coefficient (Wildman–Crippen LogP) is -0.136. The highest BCUT2D eigenvalue weighted by molar-refractivity contribution is 9.10. The molecule has 0 bridgehead atoms. The van der Waals surface area contributed by atoms with Crippen molar-refractivity contribution < 1.29 is 4.79 Å². The Bertz CT molecular complexity index is 306. The van der Waals surface area contributed by atoms with Crippen LogP contribution in [0.15, 0.2) is 4.73 Å². The summed E-state index contributed by atoms with van der Waals surface area (Å²) in [5.74, 6) is -0.435. The van der Waals surface area contributed by atoms with Gasteiger partial charge in [-0.15, -0.1) is 0 Å². The summed E-state index contributed by atoms with van der Waals surface area (Å²) in [6, 6.07) is 0. The molecule has 0 aliphatic heterocycles. The van der Waals surface area contributed by atoms with Crippen molar-refractivity contribution >= 4 is 27.7 Å². The molecule has 0 unspecified atom stereocenters. The molecule has 0 spiro atoms. The molecule has 11 heavy (non-hydrogen) atoms. The topological polar surface area (TPSA) is 86.9 Å². The molecule has 5 nitrogen and oxygen atoms in total. The molecule has 6 heteroatoms. The van der Waals surface area contributed by atoms with E-state index in [1.165, 1.54) is 4.57 Å². The van der Waals surface area contributed by atoms with Crippen molar-refractivity contribution in [3.63, 3.8) is 0 Å². The molecule has 4 N–H and O–H groups in total. The molecule has 1 aromatic heterocycles. The van der Waals surface area contributed by atoms with Gasteiger partial charge in [0.15, 0.2) is 16.2 Å². The number of hydrogen-bond donors (Lipinski definition) is 2. The average molecular weight is 219 g/mol. The van der Waals surface area contributed by atoms with E-state index in [9.17, 15) is 4.79 Å². The van der Waals surface area contributed by atoms with E-state index in [0.717, 1.165) is 0 Å². The molecular weight excluding hydrogens is 212 g/mol. The molecule has 1 heterocycles. The summed E-state index contributed by atoms with van der Waals surface area (Å²) in [4.78, 5) is 14.5. The number of carbonyl (C=O) groups excluding carboxylic acids is 1. The molecular formula is C5H7BrN4O. The Balaban J connectivity index is 3.34. The lowest BCUT2D eigenvalue weighted by molar-refractivity contribution is 0.0993. The van der Waals surface area contributed by atoms with Crippen LogP contribution < -0.4 is 11.5 Å². The lowest BCUT2D eigenvalue weighted by Gasteiger charge is -1.96. The van der Waals surface area contributed by atoms with E-state index in [4.69, 9.17) is 11.5 Å². The Kier molecular flexibility index (Phi) is 1.86. The van der Waals surface area contributed by atoms with Crippen LogP contribution in [0.5, 0.6) is 0 Å². The Morgan fingerprint density at radius 3 is 2.45 bits per heavy atom. The largest absolute Gasteiger partial charge is 0.382 e. The Labute approximate surface area is 71.5 Å². The fourth-order valence-electron chi connectivity index (χ4n) is 0.783. The zero-order valence-corrected chi connectivity index (χ0v) is 7.42. The first-order valence-corrected chi connectivity index (χ1v) is 3.61. The number of primary amides is 1. The number of nitrogens with two attached hydrogens (primary N) is 2. The van der Waals surface area contributed by atoms with E-state index in [2.05, 4.69) is 20.9 Å². The highest BCUT2D eigenvalue weighted by Gasteiger charge is 2.14. The summed E-state index contributed by atoms with van der Waals surface area (Å²) < 4.78 is 1.97. The summed E-state index contributed by atoms with van der Waals surface area (Å²) in [7, 11) is 1.65. The van der Waals surface area contributed by atoms with E-state index in [0.29, 0.717) is 4.73 Å². The highest BCUT2D eigenvalue weighted by atomic mass is 79.9. The van der Waals surface area contributed by atoms with E-state index < -0.39 is 5.91 Å². The van der Waals surface area contributed by atoms with Gasteiger partial charge in [0.25, 0.3) is 5.91 Å². The van der Waals surface area contributed by atoms with Gasteiger partial charge in [0.1, 0.15) is 0 Å². The van der Waals surface area contributed by atoms with Crippen molar-refractivity contribution in [3.8, 4) is 0 Å². The van der Waals surface area contributed by atoms with Crippen molar-refractivity contribution in [1.82, 2.24) is 9.55 Å². The lowest BCUT2D eigenvalue weighted by atomic mass is 10.4. The number of carbonyl (C=O) groups is 1. The Morgan fingerprint density at radius 2 is 2.27 bits per heavy atom. The molecule has 0 fully saturated rings. The molecule has 60 valence electrons. The van der Waals surface area contributed by atoms with E-state index >= 15 is 0 Å². The fraction of sp³-hybridized carbons (Fsp3) is 0.200. The van der Waals surface area contributed by atoms with Crippen molar-refractivity contribution in [2.24, 2.45) is 12.8 Å². The van der Waals surface area contributed by atoms with Crippen LogP contribution in [0, 0.1) is 0 Å². The molecule has 0 radical (unpaired) electrons. The number of aromatic nitrogens is 2. The zero-order valence-electron chi connectivity index (χ0n) is 5.84. The summed E-state index contributed by atoms with van der Waals surface area (Å²) in [5, 5.41) is 0. The Hall–Kier alpha value is -1.04. The monoisotopic (exact) mass is 218 g/mol. The second-order valence-electron chi connectivity index (χ2n) is 2.04. The molecule has 1 rings (SSSR count). The van der Waals surface area contributed by atoms with Gasteiger partial charge in [0.2, 0.25) is 0 Å². The molecule has 0 atom stereocenters. The number of anilines is 1. The first-order valence-electron chi connectivity index (χ1n) is 2.81. The average Bonchev–Trinajstić information content (AvgIpc) is 2.07. The number of nitrogen functional groups attached to an aromatic ring is 1. The number of hydrogen-bond acceptors (Lipinski definition) is 3. The third-order valence-electron chi connectivity index (χ3n) is 1.30. The molecule has 0 saturated heterocycles. The second kappa shape index (κ2) is 2.54. The number of nitrogens with zero attached hydrogens (tertiary/aromatic N) is 2. The normalized spacial score (nSPS) is 10.0. The number of amides is 1. The van der Waals surface area contributed by atoms with E-state index in [-0.39, 0.29) is 11.5 Å². The molecule has 1 amide bonds. The molecule has 1 aromatic rings. The maximum atomic E-state index is 10.7. The van der Waals surface area contributed by atoms with Crippen LogP contribution in [0.4, 0.5) is 5.82 Å². The minimum Gasteiger partial charge on any atom is -0.382 e. The van der Waals surface area contributed by atoms with Gasteiger partial charge in [0, 0.05) is 7.05 Å². The van der Waals surface area contributed by atoms with Gasteiger partial charge in [-0.2, -0.15) is 0 Å². The maximum Gasteiger partial charge on any atom is 0.269 e. The van der Waals surface area contributed by atoms with Crippen LogP contribution in [0.3, 0.4) is 0 Å². The van der Waals surface area contributed by atoms with Gasteiger partial charge in [-0.1, -0.05) is 0 Å². The molecule has 0 aromatic carbocycles. The lowest BCUT2D eigenvalue weighted by Crippen LogP contribution is -2.17. The SMILES string of the molecule is Cn1c(Br)nc(N)c1C(N)=O. The summed E-state index contributed by atoms with van der Waals surface area (Å²) >= 11 is 3.10. The van der Waals surface area contributed by atoms with Gasteiger partial charge in [0.05, 0.1) is 0 Å². The van der Waals surface area contributed by atoms with Gasteiger partial charge < -0.3 is 16.0 Å². The smallest absolute Gasteiger partial charge is 0.269 e. The van der Waals surface area contributed by atoms with Crippen LogP contribution in [0.25, 0.3) is 0 Å². The van der Waals surface area contributed by atoms with Gasteiger partial charge >= 0.3 is 0 Å². The highest BCUT2D eigenvalue weighted by Crippen LogP contribution is 2.15. The third kappa shape index (κ3) is 1.21. The predicted molar refractivity (Wildman–Crippen MR) is 43.8 cm³/mol. The number of halogens is 1. The fourth-order valence-corrected chi connectivity index (χ4v) is 1.15. The number of imidazole rings is 1. The molecule has 0 saturated carbocycles. The van der Waals surface area contributed by atoms with Crippen LogP contribution in [0.2, 0.25) is 0 Å². The van der Waals surface area contributed by atoms with Crippen LogP contribution >= 0.6 is 15.9 Å². The van der Waals surface area contributed by atoms with Crippen LogP contribution in [-0.4, -0.2) is 15.5 Å². The van der Waals surface area contributed by atoms with Crippen molar-refractivity contribution in [2.45, 2.75) is 0 Å². The second-order valence-corrected chi connectivity index (χ2v) is 2.75. The van der Waals surface area contributed by atoms with Crippen molar-refractivity contribution in [3.05, 3.63) is 10.4 Å². The summed E-state index contributed by atoms with van der Waals surface area (Å²) in [6.45, 7) is 0. The van der Waals surface area contributed by atoms with Crippen molar-refractivity contribution in [1.29, 1.82) is 0 Å². The van der Waals surface area contributed by atoms with Gasteiger partial charge in [-0.25, -0.2) is 4.98 Å². The van der Waals surface area contributed by atoms with Gasteiger partial charge in [-0.3, -0.25) is 4.79 Å². The van der Waals surface area contributed by atoms with Gasteiger partial charge in [-0.05, 0) is 15.9 Å². The first-order chi connectivity index (χ1) is 5.04. The molecule has 0 aliphatic carbocycles. The maximum absolute atomic E-state index is 10.7. The Morgan fingerprint density at radius 1 is 1.73 bits per heavy atom. The van der Waals surface area contributed by atoms with Crippen LogP contribution in [0.1, 0.15) is 10.5 Å². The minimum atomic E-state index is -0.580. The minimum absolute atomic E-state index is 0.145. The van der Waals surface area contributed by atoms with E-state index in [1.54, 1.807) is 7.05 Å². The van der Waals surface area contributed by atoms with Crippen molar-refractivity contribution in [2.75, 3.05) is 5.73 Å². The van der Waals surface area contributed by atoms with E-state index in [1.807, 2.05) is 0 Å². The standard InChI is InChI=1S/C5H7BrN4O/c1-10-2(4(8)11)3(7)9-5(10)6/h7H2,1H3,(H2,8,11). The first kappa shape index (κ1) is 8.06.